The van der Waals surface area contributed by atoms with Crippen molar-refractivity contribution >= 4 is 12.4 Å². The lowest BCUT2D eigenvalue weighted by Crippen LogP contribution is -2.34. The van der Waals surface area contributed by atoms with Gasteiger partial charge in [0, 0.05) is 6.04 Å². The molecule has 1 N–H and O–H groups in total. The molecular formula is C14H17NO3. The maximum atomic E-state index is 11.5. The fraction of sp³-hybridized carbons (Fsp3) is 0.429. The van der Waals surface area contributed by atoms with Crippen molar-refractivity contribution in [3.05, 3.63) is 34.9 Å². The fourth-order valence-corrected chi connectivity index (χ4v) is 2.34. The molecule has 2 rings (SSSR count). The number of carboxylic acid groups (broad SMARTS) is 1. The Bertz CT molecular complexity index is 460. The Morgan fingerprint density at radius 2 is 1.89 bits per heavy atom. The van der Waals surface area contributed by atoms with Gasteiger partial charge < -0.3 is 10.0 Å². The molecule has 1 aromatic carbocycles. The van der Waals surface area contributed by atoms with Crippen molar-refractivity contribution in [1.29, 1.82) is 0 Å². The number of aliphatic carboxylic acids is 1. The highest BCUT2D eigenvalue weighted by Gasteiger charge is 2.37. The number of amides is 1. The van der Waals surface area contributed by atoms with Gasteiger partial charge >= 0.3 is 5.97 Å². The molecule has 18 heavy (non-hydrogen) atoms. The molecule has 0 bridgehead atoms. The van der Waals surface area contributed by atoms with Crippen LogP contribution in [-0.2, 0) is 9.59 Å². The summed E-state index contributed by atoms with van der Waals surface area (Å²) in [5.41, 5.74) is 2.70. The first kappa shape index (κ1) is 12.6. The fourth-order valence-electron chi connectivity index (χ4n) is 2.34. The molecule has 1 fully saturated rings. The average molecular weight is 247 g/mol. The Kier molecular flexibility index (Phi) is 3.36. The lowest BCUT2D eigenvalue weighted by molar-refractivity contribution is -0.147. The highest BCUT2D eigenvalue weighted by atomic mass is 16.4. The van der Waals surface area contributed by atoms with E-state index in [4.69, 9.17) is 0 Å². The molecule has 0 aromatic heterocycles. The smallest absolute Gasteiger partial charge is 0.331 e. The largest absolute Gasteiger partial charge is 0.479 e. The number of hydrogen-bond donors (Lipinski definition) is 1. The summed E-state index contributed by atoms with van der Waals surface area (Å²) in [5.74, 6) is -0.973. The molecule has 1 atom stereocenters. The predicted molar refractivity (Wildman–Crippen MR) is 67.2 cm³/mol. The number of benzene rings is 1. The average Bonchev–Trinajstić information content (AvgIpc) is 3.07. The molecule has 1 amide bonds. The van der Waals surface area contributed by atoms with Crippen LogP contribution in [0.1, 0.15) is 35.6 Å². The highest BCUT2D eigenvalue weighted by Crippen LogP contribution is 2.33. The molecule has 1 saturated carbocycles. The van der Waals surface area contributed by atoms with Crippen molar-refractivity contribution < 1.29 is 14.7 Å². The molecular weight excluding hydrogens is 230 g/mol. The van der Waals surface area contributed by atoms with E-state index in [2.05, 4.69) is 0 Å². The van der Waals surface area contributed by atoms with E-state index in [0.717, 1.165) is 24.0 Å². The maximum absolute atomic E-state index is 11.5. The zero-order chi connectivity index (χ0) is 13.3. The zero-order valence-corrected chi connectivity index (χ0v) is 10.6. The van der Waals surface area contributed by atoms with E-state index in [1.807, 2.05) is 32.0 Å². The van der Waals surface area contributed by atoms with Gasteiger partial charge in [-0.2, -0.15) is 0 Å². The Hall–Kier alpha value is -1.84. The minimum Gasteiger partial charge on any atom is -0.479 e. The van der Waals surface area contributed by atoms with Crippen molar-refractivity contribution in [2.75, 3.05) is 0 Å². The van der Waals surface area contributed by atoms with E-state index in [1.165, 1.54) is 4.90 Å². The topological polar surface area (TPSA) is 57.6 Å². The Labute approximate surface area is 106 Å². The van der Waals surface area contributed by atoms with Gasteiger partial charge in [0.05, 0.1) is 0 Å². The first-order valence-electron chi connectivity index (χ1n) is 6.06. The summed E-state index contributed by atoms with van der Waals surface area (Å²) in [4.78, 5) is 24.0. The standard InChI is InChI=1S/C14H17NO3/c1-9-5-10(2)7-11(6-9)13(14(17)18)15(8-16)12-3-4-12/h5-8,12-13H,3-4H2,1-2H3,(H,17,18). The lowest BCUT2D eigenvalue weighted by atomic mass is 10.0. The van der Waals surface area contributed by atoms with Crippen molar-refractivity contribution in [3.63, 3.8) is 0 Å². The first-order valence-corrected chi connectivity index (χ1v) is 6.06. The number of hydrogen-bond acceptors (Lipinski definition) is 2. The monoisotopic (exact) mass is 247 g/mol. The summed E-state index contributed by atoms with van der Waals surface area (Å²) in [6.45, 7) is 3.86. The number of carbonyl (C=O) groups is 2. The van der Waals surface area contributed by atoms with Gasteiger partial charge in [-0.15, -0.1) is 0 Å². The first-order chi connectivity index (χ1) is 8.52. The Morgan fingerprint density at radius 1 is 1.33 bits per heavy atom. The summed E-state index contributed by atoms with van der Waals surface area (Å²) < 4.78 is 0. The van der Waals surface area contributed by atoms with E-state index < -0.39 is 12.0 Å². The van der Waals surface area contributed by atoms with Crippen LogP contribution in [0.5, 0.6) is 0 Å². The normalized spacial score (nSPS) is 16.1. The Morgan fingerprint density at radius 3 is 2.28 bits per heavy atom. The van der Waals surface area contributed by atoms with Crippen LogP contribution in [0.25, 0.3) is 0 Å². The van der Waals surface area contributed by atoms with Crippen LogP contribution in [0.3, 0.4) is 0 Å². The predicted octanol–water partition coefficient (Wildman–Crippen LogP) is 2.05. The van der Waals surface area contributed by atoms with Crippen molar-refractivity contribution in [3.8, 4) is 0 Å². The summed E-state index contributed by atoms with van der Waals surface area (Å²) in [6.07, 6.45) is 2.45. The van der Waals surface area contributed by atoms with Crippen molar-refractivity contribution in [2.45, 2.75) is 38.8 Å². The van der Waals surface area contributed by atoms with E-state index >= 15 is 0 Å². The summed E-state index contributed by atoms with van der Waals surface area (Å²) in [6, 6.07) is 4.89. The van der Waals surface area contributed by atoms with Gasteiger partial charge in [0.2, 0.25) is 6.41 Å². The molecule has 1 unspecified atom stereocenters. The number of carbonyl (C=O) groups excluding carboxylic acids is 1. The highest BCUT2D eigenvalue weighted by molar-refractivity contribution is 5.78. The van der Waals surface area contributed by atoms with Crippen LogP contribution >= 0.6 is 0 Å². The summed E-state index contributed by atoms with van der Waals surface area (Å²) in [5, 5.41) is 9.39. The minimum atomic E-state index is -0.973. The van der Waals surface area contributed by atoms with Crippen LogP contribution in [0.2, 0.25) is 0 Å². The van der Waals surface area contributed by atoms with Crippen LogP contribution < -0.4 is 0 Å². The SMILES string of the molecule is Cc1cc(C)cc(C(C(=O)O)N(C=O)C2CC2)c1. The summed E-state index contributed by atoms with van der Waals surface area (Å²) in [7, 11) is 0. The van der Waals surface area contributed by atoms with Crippen LogP contribution in [-0.4, -0.2) is 28.4 Å². The molecule has 0 spiro atoms. The van der Waals surface area contributed by atoms with Gasteiger partial charge in [-0.05, 0) is 32.3 Å². The molecule has 1 aliphatic rings. The molecule has 4 nitrogen and oxygen atoms in total. The number of carboxylic acids is 1. The molecule has 0 aliphatic heterocycles. The third kappa shape index (κ3) is 2.53. The quantitative estimate of drug-likeness (QED) is 0.810. The lowest BCUT2D eigenvalue weighted by Gasteiger charge is -2.25. The van der Waals surface area contributed by atoms with Gasteiger partial charge in [0.15, 0.2) is 6.04 Å². The van der Waals surface area contributed by atoms with Gasteiger partial charge in [-0.3, -0.25) is 4.79 Å². The molecule has 96 valence electrons. The molecule has 4 heteroatoms. The Balaban J connectivity index is 2.39. The van der Waals surface area contributed by atoms with Crippen molar-refractivity contribution in [1.82, 2.24) is 4.90 Å². The third-order valence-corrected chi connectivity index (χ3v) is 3.18. The minimum absolute atomic E-state index is 0.0874. The van der Waals surface area contributed by atoms with E-state index in [0.29, 0.717) is 12.0 Å². The number of nitrogens with zero attached hydrogens (tertiary/aromatic N) is 1. The molecule has 0 heterocycles. The second kappa shape index (κ2) is 4.80. The van der Waals surface area contributed by atoms with Gasteiger partial charge in [-0.25, -0.2) is 4.79 Å². The van der Waals surface area contributed by atoms with Gasteiger partial charge in [0.25, 0.3) is 0 Å². The van der Waals surface area contributed by atoms with Crippen molar-refractivity contribution in [2.24, 2.45) is 0 Å². The van der Waals surface area contributed by atoms with Crippen LogP contribution in [0, 0.1) is 13.8 Å². The third-order valence-electron chi connectivity index (χ3n) is 3.18. The second-order valence-electron chi connectivity index (χ2n) is 4.95. The van der Waals surface area contributed by atoms with E-state index in [9.17, 15) is 14.7 Å². The van der Waals surface area contributed by atoms with Crippen LogP contribution in [0.4, 0.5) is 0 Å². The molecule has 0 saturated heterocycles. The summed E-state index contributed by atoms with van der Waals surface area (Å²) >= 11 is 0. The van der Waals surface area contributed by atoms with E-state index in [-0.39, 0.29) is 6.04 Å². The van der Waals surface area contributed by atoms with Gasteiger partial charge in [0.1, 0.15) is 0 Å². The van der Waals surface area contributed by atoms with Crippen LogP contribution in [0.15, 0.2) is 18.2 Å². The maximum Gasteiger partial charge on any atom is 0.331 e. The second-order valence-corrected chi connectivity index (χ2v) is 4.95. The number of rotatable bonds is 5. The molecule has 1 aliphatic carbocycles. The molecule has 0 radical (unpaired) electrons. The number of aryl methyl sites for hydroxylation is 2. The zero-order valence-electron chi connectivity index (χ0n) is 10.6. The molecule has 1 aromatic rings. The van der Waals surface area contributed by atoms with Gasteiger partial charge in [-0.1, -0.05) is 29.3 Å². The van der Waals surface area contributed by atoms with E-state index in [1.54, 1.807) is 0 Å².